The van der Waals surface area contributed by atoms with Gasteiger partial charge in [-0.3, -0.25) is 9.78 Å². The average Bonchev–Trinajstić information content (AvgIpc) is 2.59. The van der Waals surface area contributed by atoms with Crippen LogP contribution in [-0.2, 0) is 4.79 Å². The number of carbonyl (C=O) groups is 1. The van der Waals surface area contributed by atoms with Gasteiger partial charge >= 0.3 is 0 Å². The molecular formula is C11H17N4O2+. The molecule has 0 bridgehead atoms. The molecule has 6 nitrogen and oxygen atoms in total. The van der Waals surface area contributed by atoms with Crippen molar-refractivity contribution in [2.24, 2.45) is 0 Å². The van der Waals surface area contributed by atoms with Gasteiger partial charge in [0.25, 0.3) is 5.91 Å². The van der Waals surface area contributed by atoms with E-state index in [0.717, 1.165) is 13.0 Å². The Kier molecular flexibility index (Phi) is 3.35. The number of amides is 1. The number of likely N-dealkylation sites (N-methyl/N-ethyl adjacent to an activating group) is 1. The van der Waals surface area contributed by atoms with Crippen LogP contribution >= 0.6 is 0 Å². The number of nitrogens with zero attached hydrogens (tertiary/aromatic N) is 3. The Morgan fingerprint density at radius 3 is 3.06 bits per heavy atom. The van der Waals surface area contributed by atoms with Crippen LogP contribution in [0.4, 0.5) is 5.82 Å². The molecule has 0 spiro atoms. The molecule has 1 amide bonds. The van der Waals surface area contributed by atoms with Crippen LogP contribution < -0.4 is 5.32 Å². The topological polar surface area (TPSA) is 75.1 Å². The number of carbonyl (C=O) groups excluding carboxylic acids is 1. The number of rotatable bonds is 3. The monoisotopic (exact) mass is 237 g/mol. The Balaban J connectivity index is 1.90. The Morgan fingerprint density at radius 1 is 1.65 bits per heavy atom. The summed E-state index contributed by atoms with van der Waals surface area (Å²) >= 11 is 0. The van der Waals surface area contributed by atoms with Crippen molar-refractivity contribution in [3.63, 3.8) is 0 Å². The van der Waals surface area contributed by atoms with Crippen molar-refractivity contribution < 1.29 is 14.4 Å². The van der Waals surface area contributed by atoms with Gasteiger partial charge in [0.1, 0.15) is 12.6 Å². The van der Waals surface area contributed by atoms with E-state index >= 15 is 0 Å². The summed E-state index contributed by atoms with van der Waals surface area (Å²) in [4.78, 5) is 19.7. The van der Waals surface area contributed by atoms with Gasteiger partial charge in [0.05, 0.1) is 19.8 Å². The van der Waals surface area contributed by atoms with Crippen molar-refractivity contribution in [2.75, 3.05) is 32.0 Å². The van der Waals surface area contributed by atoms with Gasteiger partial charge in [-0.05, 0) is 0 Å². The second-order valence-electron chi connectivity index (χ2n) is 4.77. The first-order chi connectivity index (χ1) is 8.07. The zero-order valence-electron chi connectivity index (χ0n) is 9.83. The summed E-state index contributed by atoms with van der Waals surface area (Å²) in [5, 5.41) is 12.2. The summed E-state index contributed by atoms with van der Waals surface area (Å²) in [5.74, 6) is 0.367. The molecule has 0 aromatic carbocycles. The van der Waals surface area contributed by atoms with Gasteiger partial charge in [-0.2, -0.15) is 0 Å². The van der Waals surface area contributed by atoms with Crippen molar-refractivity contribution >= 4 is 11.7 Å². The summed E-state index contributed by atoms with van der Waals surface area (Å²) < 4.78 is 0.577. The molecule has 2 atom stereocenters. The Hall–Kier alpha value is -1.53. The molecule has 0 radical (unpaired) electrons. The number of quaternary nitrogens is 1. The second kappa shape index (κ2) is 4.77. The van der Waals surface area contributed by atoms with E-state index < -0.39 is 0 Å². The number of aliphatic hydroxyl groups is 1. The Labute approximate surface area is 99.9 Å². The molecule has 1 fully saturated rings. The van der Waals surface area contributed by atoms with Crippen LogP contribution in [-0.4, -0.2) is 58.3 Å². The minimum Gasteiger partial charge on any atom is -0.387 e. The third-order valence-corrected chi connectivity index (χ3v) is 3.01. The molecule has 0 aliphatic carbocycles. The van der Waals surface area contributed by atoms with Gasteiger partial charge in [0, 0.05) is 18.8 Å². The van der Waals surface area contributed by atoms with Gasteiger partial charge in [0.2, 0.25) is 0 Å². The van der Waals surface area contributed by atoms with Gasteiger partial charge in [0.15, 0.2) is 12.4 Å². The normalized spacial score (nSPS) is 28.0. The molecular weight excluding hydrogens is 220 g/mol. The lowest BCUT2D eigenvalue weighted by atomic mass is 10.3. The summed E-state index contributed by atoms with van der Waals surface area (Å²) in [5.41, 5.74) is 0. The average molecular weight is 237 g/mol. The molecule has 6 heteroatoms. The van der Waals surface area contributed by atoms with Crippen molar-refractivity contribution in [1.82, 2.24) is 9.97 Å². The summed E-state index contributed by atoms with van der Waals surface area (Å²) in [6.45, 7) is 1.82. The molecule has 0 saturated carbocycles. The van der Waals surface area contributed by atoms with E-state index in [2.05, 4.69) is 15.3 Å². The first-order valence-corrected chi connectivity index (χ1v) is 5.65. The maximum atomic E-state index is 11.8. The molecule has 1 saturated heterocycles. The first kappa shape index (κ1) is 11.9. The molecule has 92 valence electrons. The molecule has 1 aliphatic rings. The standard InChI is InChI=1S/C11H16N4O2/c1-15(5-2-9(16)7-15)8-11(17)14-10-6-12-3-4-13-10/h3-4,6,9,16H,2,5,7-8H2,1H3/p+1. The van der Waals surface area contributed by atoms with Gasteiger partial charge in [-0.25, -0.2) is 4.98 Å². The van der Waals surface area contributed by atoms with Crippen molar-refractivity contribution in [3.8, 4) is 0 Å². The van der Waals surface area contributed by atoms with Crippen LogP contribution in [0.2, 0.25) is 0 Å². The van der Waals surface area contributed by atoms with Crippen molar-refractivity contribution in [3.05, 3.63) is 18.6 Å². The predicted molar refractivity (Wildman–Crippen MR) is 62.1 cm³/mol. The number of nitrogens with one attached hydrogen (secondary N) is 1. The zero-order chi connectivity index (χ0) is 12.3. The lowest BCUT2D eigenvalue weighted by molar-refractivity contribution is -0.890. The number of anilines is 1. The fraction of sp³-hybridized carbons (Fsp3) is 0.545. The van der Waals surface area contributed by atoms with E-state index in [1.165, 1.54) is 12.4 Å². The summed E-state index contributed by atoms with van der Waals surface area (Å²) in [6.07, 6.45) is 5.07. The van der Waals surface area contributed by atoms with Crippen LogP contribution in [0.25, 0.3) is 0 Å². The van der Waals surface area contributed by atoms with Gasteiger partial charge in [-0.15, -0.1) is 0 Å². The number of aliphatic hydroxyl groups excluding tert-OH is 1. The van der Waals surface area contributed by atoms with E-state index in [9.17, 15) is 9.90 Å². The van der Waals surface area contributed by atoms with Crippen molar-refractivity contribution in [2.45, 2.75) is 12.5 Å². The lowest BCUT2D eigenvalue weighted by Gasteiger charge is -2.28. The van der Waals surface area contributed by atoms with E-state index in [1.807, 2.05) is 7.05 Å². The Morgan fingerprint density at radius 2 is 2.47 bits per heavy atom. The number of hydrogen-bond donors (Lipinski definition) is 2. The fourth-order valence-electron chi connectivity index (χ4n) is 2.19. The smallest absolute Gasteiger partial charge is 0.280 e. The molecule has 2 N–H and O–H groups in total. The number of aromatic nitrogens is 2. The molecule has 17 heavy (non-hydrogen) atoms. The van der Waals surface area contributed by atoms with Gasteiger partial charge < -0.3 is 14.9 Å². The second-order valence-corrected chi connectivity index (χ2v) is 4.77. The maximum Gasteiger partial charge on any atom is 0.280 e. The van der Waals surface area contributed by atoms with E-state index in [4.69, 9.17) is 0 Å². The SMILES string of the molecule is C[N+]1(CC(=O)Nc2cnccn2)CCC(O)C1. The largest absolute Gasteiger partial charge is 0.387 e. The lowest BCUT2D eigenvalue weighted by Crippen LogP contribution is -2.47. The minimum atomic E-state index is -0.288. The molecule has 1 aromatic rings. The molecule has 1 aliphatic heterocycles. The number of likely N-dealkylation sites (tertiary alicyclic amines) is 1. The summed E-state index contributed by atoms with van der Waals surface area (Å²) in [7, 11) is 1.98. The highest BCUT2D eigenvalue weighted by Gasteiger charge is 2.35. The predicted octanol–water partition coefficient (Wildman–Crippen LogP) is -0.374. The highest BCUT2D eigenvalue weighted by atomic mass is 16.3. The van der Waals surface area contributed by atoms with Crippen LogP contribution in [0, 0.1) is 0 Å². The zero-order valence-corrected chi connectivity index (χ0v) is 9.83. The molecule has 2 unspecified atom stereocenters. The third kappa shape index (κ3) is 3.21. The fourth-order valence-corrected chi connectivity index (χ4v) is 2.19. The quantitative estimate of drug-likeness (QED) is 0.703. The maximum absolute atomic E-state index is 11.8. The van der Waals surface area contributed by atoms with E-state index in [-0.39, 0.29) is 12.0 Å². The van der Waals surface area contributed by atoms with E-state index in [0.29, 0.717) is 23.4 Å². The number of hydrogen-bond acceptors (Lipinski definition) is 4. The molecule has 1 aromatic heterocycles. The first-order valence-electron chi connectivity index (χ1n) is 5.65. The van der Waals surface area contributed by atoms with E-state index in [1.54, 1.807) is 6.20 Å². The van der Waals surface area contributed by atoms with Crippen LogP contribution in [0.3, 0.4) is 0 Å². The minimum absolute atomic E-state index is 0.0953. The van der Waals surface area contributed by atoms with Crippen LogP contribution in [0.1, 0.15) is 6.42 Å². The van der Waals surface area contributed by atoms with Crippen LogP contribution in [0.5, 0.6) is 0 Å². The highest BCUT2D eigenvalue weighted by molar-refractivity contribution is 5.90. The third-order valence-electron chi connectivity index (χ3n) is 3.01. The van der Waals surface area contributed by atoms with Crippen LogP contribution in [0.15, 0.2) is 18.6 Å². The highest BCUT2D eigenvalue weighted by Crippen LogP contribution is 2.16. The van der Waals surface area contributed by atoms with Crippen molar-refractivity contribution in [1.29, 1.82) is 0 Å². The van der Waals surface area contributed by atoms with Gasteiger partial charge in [-0.1, -0.05) is 0 Å². The summed E-state index contributed by atoms with van der Waals surface area (Å²) in [6, 6.07) is 0. The molecule has 2 rings (SSSR count). The Bertz CT molecular complexity index is 398. The molecule has 2 heterocycles.